The van der Waals surface area contributed by atoms with Crippen molar-refractivity contribution in [2.75, 3.05) is 13.2 Å². The topological polar surface area (TPSA) is 77.4 Å². The first kappa shape index (κ1) is 21.2. The summed E-state index contributed by atoms with van der Waals surface area (Å²) < 4.78 is 17.2. The molecule has 6 heteroatoms. The van der Waals surface area contributed by atoms with Gasteiger partial charge in [-0.25, -0.2) is 9.79 Å². The van der Waals surface area contributed by atoms with E-state index in [1.54, 1.807) is 12.1 Å². The van der Waals surface area contributed by atoms with Crippen molar-refractivity contribution in [3.8, 4) is 17.2 Å². The van der Waals surface area contributed by atoms with Gasteiger partial charge in [-0.15, -0.1) is 0 Å². The molecule has 0 radical (unpaired) electrons. The number of fused-ring (bicyclic) bond motifs is 1. The average molecular weight is 429 g/mol. The van der Waals surface area contributed by atoms with Crippen molar-refractivity contribution < 1.29 is 24.1 Å². The van der Waals surface area contributed by atoms with E-state index < -0.39 is 12.6 Å². The molecule has 0 aliphatic carbocycles. The zero-order valence-corrected chi connectivity index (χ0v) is 17.4. The number of para-hydroxylation sites is 2. The Hall–Kier alpha value is -4.06. The van der Waals surface area contributed by atoms with Crippen LogP contribution in [0.2, 0.25) is 0 Å². The number of hydrogen-bond donors (Lipinski definition) is 1. The van der Waals surface area contributed by atoms with Gasteiger partial charge in [-0.2, -0.15) is 0 Å². The summed E-state index contributed by atoms with van der Waals surface area (Å²) in [5, 5.41) is 8.83. The molecule has 1 aliphatic heterocycles. The summed E-state index contributed by atoms with van der Waals surface area (Å²) in [5.41, 5.74) is 3.78. The molecule has 0 fully saturated rings. The molecule has 0 aromatic heterocycles. The molecule has 4 rings (SSSR count). The van der Waals surface area contributed by atoms with Crippen molar-refractivity contribution in [2.45, 2.75) is 13.0 Å². The summed E-state index contributed by atoms with van der Waals surface area (Å²) in [6.45, 7) is 0.189. The van der Waals surface area contributed by atoms with Crippen LogP contribution < -0.4 is 14.2 Å². The van der Waals surface area contributed by atoms with E-state index in [0.29, 0.717) is 23.9 Å². The molecule has 3 aromatic carbocycles. The Morgan fingerprint density at radius 1 is 0.875 bits per heavy atom. The molecule has 1 heterocycles. The van der Waals surface area contributed by atoms with Crippen LogP contribution in [0, 0.1) is 0 Å². The van der Waals surface area contributed by atoms with Gasteiger partial charge in [-0.1, -0.05) is 48.5 Å². The minimum Gasteiger partial charge on any atom is -0.489 e. The summed E-state index contributed by atoms with van der Waals surface area (Å²) in [7, 11) is 0. The molecule has 0 bridgehead atoms. The fourth-order valence-electron chi connectivity index (χ4n) is 3.26. The Morgan fingerprint density at radius 3 is 2.47 bits per heavy atom. The van der Waals surface area contributed by atoms with Crippen LogP contribution in [-0.2, 0) is 17.8 Å². The fourth-order valence-corrected chi connectivity index (χ4v) is 3.26. The van der Waals surface area contributed by atoms with Gasteiger partial charge >= 0.3 is 5.97 Å². The van der Waals surface area contributed by atoms with E-state index in [2.05, 4.69) is 12.1 Å². The molecule has 0 saturated carbocycles. The lowest BCUT2D eigenvalue weighted by Crippen LogP contribution is -2.11. The summed E-state index contributed by atoms with van der Waals surface area (Å²) in [5.74, 6) is 0.772. The van der Waals surface area contributed by atoms with E-state index in [-0.39, 0.29) is 6.61 Å². The second kappa shape index (κ2) is 10.3. The fraction of sp³-hybridized carbons (Fsp3) is 0.154. The highest BCUT2D eigenvalue weighted by atomic mass is 16.5. The summed E-state index contributed by atoms with van der Waals surface area (Å²) in [6.07, 6.45) is 4.94. The molecule has 0 atom stereocenters. The molecular formula is C26H23NO5. The quantitative estimate of drug-likeness (QED) is 0.518. The Kier molecular flexibility index (Phi) is 6.82. The molecule has 0 amide bonds. The number of aliphatic imine (C=N–C) groups is 1. The van der Waals surface area contributed by atoms with Crippen molar-refractivity contribution in [1.82, 2.24) is 0 Å². The zero-order chi connectivity index (χ0) is 22.2. The minimum atomic E-state index is -1.03. The first-order valence-electron chi connectivity index (χ1n) is 10.3. The average Bonchev–Trinajstić information content (AvgIpc) is 3.03. The number of carbonyl (C=O) groups is 1. The Morgan fingerprint density at radius 2 is 1.62 bits per heavy atom. The van der Waals surface area contributed by atoms with Gasteiger partial charge < -0.3 is 19.3 Å². The highest BCUT2D eigenvalue weighted by Gasteiger charge is 2.08. The van der Waals surface area contributed by atoms with Gasteiger partial charge in [0, 0.05) is 11.6 Å². The van der Waals surface area contributed by atoms with E-state index in [4.69, 9.17) is 24.3 Å². The lowest BCUT2D eigenvalue weighted by molar-refractivity contribution is -0.139. The SMILES string of the molecule is O=C(O)COc1ccccc1COc1cccc(OCC2=Nc3ccccc3CC=C2)c1. The van der Waals surface area contributed by atoms with E-state index in [1.807, 2.05) is 60.7 Å². The molecule has 162 valence electrons. The number of carboxylic acids is 1. The maximum Gasteiger partial charge on any atom is 0.341 e. The van der Waals surface area contributed by atoms with E-state index in [1.165, 1.54) is 5.56 Å². The number of benzene rings is 3. The second-order valence-corrected chi connectivity index (χ2v) is 7.18. The van der Waals surface area contributed by atoms with Crippen molar-refractivity contribution in [1.29, 1.82) is 0 Å². The van der Waals surface area contributed by atoms with E-state index in [9.17, 15) is 4.79 Å². The van der Waals surface area contributed by atoms with Gasteiger partial charge in [0.25, 0.3) is 0 Å². The highest BCUT2D eigenvalue weighted by molar-refractivity contribution is 5.98. The minimum absolute atomic E-state index is 0.242. The third-order valence-electron chi connectivity index (χ3n) is 4.81. The van der Waals surface area contributed by atoms with Crippen LogP contribution in [0.25, 0.3) is 0 Å². The van der Waals surface area contributed by atoms with Crippen LogP contribution in [0.15, 0.2) is 89.9 Å². The van der Waals surface area contributed by atoms with Crippen molar-refractivity contribution in [3.63, 3.8) is 0 Å². The first-order valence-corrected chi connectivity index (χ1v) is 10.3. The molecule has 0 unspecified atom stereocenters. The molecule has 3 aromatic rings. The lowest BCUT2D eigenvalue weighted by Gasteiger charge is -2.12. The maximum absolute atomic E-state index is 10.8. The molecule has 1 N–H and O–H groups in total. The van der Waals surface area contributed by atoms with Gasteiger partial charge in [-0.3, -0.25) is 0 Å². The summed E-state index contributed by atoms with van der Waals surface area (Å²) in [4.78, 5) is 15.5. The third kappa shape index (κ3) is 5.76. The van der Waals surface area contributed by atoms with Crippen LogP contribution in [-0.4, -0.2) is 30.0 Å². The predicted octanol–water partition coefficient (Wildman–Crippen LogP) is 4.99. The summed E-state index contributed by atoms with van der Waals surface area (Å²) >= 11 is 0. The van der Waals surface area contributed by atoms with Gasteiger partial charge in [-0.05, 0) is 42.3 Å². The molecular weight excluding hydrogens is 406 g/mol. The van der Waals surface area contributed by atoms with Gasteiger partial charge in [0.2, 0.25) is 0 Å². The van der Waals surface area contributed by atoms with Crippen LogP contribution >= 0.6 is 0 Å². The molecule has 0 spiro atoms. The third-order valence-corrected chi connectivity index (χ3v) is 4.81. The first-order chi connectivity index (χ1) is 15.7. The Labute approximate surface area is 186 Å². The van der Waals surface area contributed by atoms with Gasteiger partial charge in [0.15, 0.2) is 6.61 Å². The number of hydrogen-bond acceptors (Lipinski definition) is 5. The van der Waals surface area contributed by atoms with E-state index in [0.717, 1.165) is 23.4 Å². The normalized spacial score (nSPS) is 12.3. The standard InChI is InChI=1S/C26H23NO5/c28-26(29)18-32-25-14-4-2-8-20(25)16-30-22-11-6-12-23(15-22)31-17-21-10-5-9-19-7-1-3-13-24(19)27-21/h1-8,10-15H,9,16-18H2,(H,28,29). The monoisotopic (exact) mass is 429 g/mol. The Bertz CT molecular complexity index is 1150. The molecule has 0 saturated heterocycles. The van der Waals surface area contributed by atoms with Crippen LogP contribution in [0.5, 0.6) is 17.2 Å². The van der Waals surface area contributed by atoms with Gasteiger partial charge in [0.1, 0.15) is 30.5 Å². The van der Waals surface area contributed by atoms with Crippen LogP contribution in [0.3, 0.4) is 0 Å². The molecule has 6 nitrogen and oxygen atoms in total. The van der Waals surface area contributed by atoms with Crippen molar-refractivity contribution >= 4 is 17.4 Å². The largest absolute Gasteiger partial charge is 0.489 e. The van der Waals surface area contributed by atoms with E-state index >= 15 is 0 Å². The molecule has 32 heavy (non-hydrogen) atoms. The smallest absolute Gasteiger partial charge is 0.341 e. The number of carboxylic acid groups (broad SMARTS) is 1. The van der Waals surface area contributed by atoms with Crippen molar-refractivity contribution in [2.24, 2.45) is 4.99 Å². The maximum atomic E-state index is 10.8. The summed E-state index contributed by atoms with van der Waals surface area (Å²) in [6, 6.07) is 22.7. The predicted molar refractivity (Wildman–Crippen MR) is 122 cm³/mol. The van der Waals surface area contributed by atoms with Crippen molar-refractivity contribution in [3.05, 3.63) is 96.1 Å². The lowest BCUT2D eigenvalue weighted by atomic mass is 10.1. The van der Waals surface area contributed by atoms with Crippen LogP contribution in [0.4, 0.5) is 5.69 Å². The number of allylic oxidation sites excluding steroid dienone is 1. The number of aliphatic carboxylic acids is 1. The number of rotatable bonds is 9. The zero-order valence-electron chi connectivity index (χ0n) is 17.4. The van der Waals surface area contributed by atoms with Gasteiger partial charge in [0.05, 0.1) is 11.4 Å². The number of ether oxygens (including phenoxy) is 3. The highest BCUT2D eigenvalue weighted by Crippen LogP contribution is 2.25. The van der Waals surface area contributed by atoms with Crippen LogP contribution in [0.1, 0.15) is 11.1 Å². The second-order valence-electron chi connectivity index (χ2n) is 7.18. The Balaban J connectivity index is 1.38. The molecule has 1 aliphatic rings. The number of nitrogens with zero attached hydrogens (tertiary/aromatic N) is 1.